The fraction of sp³-hybridized carbons (Fsp3) is 0.450. The van der Waals surface area contributed by atoms with Crippen molar-refractivity contribution in [2.45, 2.75) is 33.3 Å². The Morgan fingerprint density at radius 3 is 2.36 bits per heavy atom. The zero-order valence-electron chi connectivity index (χ0n) is 14.9. The van der Waals surface area contributed by atoms with Crippen LogP contribution in [0.15, 0.2) is 40.8 Å². The van der Waals surface area contributed by atoms with E-state index in [2.05, 4.69) is 6.92 Å². The molecule has 1 aliphatic heterocycles. The predicted molar refractivity (Wildman–Crippen MR) is 95.0 cm³/mol. The highest BCUT2D eigenvalue weighted by atomic mass is 16.5. The Balaban J connectivity index is 1.53. The SMILES string of the molecule is CCOc1ccc(OCc2ccc(C(=O)N3CCC(C)CC3)o2)cc1. The van der Waals surface area contributed by atoms with E-state index in [9.17, 15) is 4.79 Å². The number of amides is 1. The van der Waals surface area contributed by atoms with E-state index in [4.69, 9.17) is 13.9 Å². The van der Waals surface area contributed by atoms with Crippen molar-refractivity contribution in [1.82, 2.24) is 4.90 Å². The first-order valence-electron chi connectivity index (χ1n) is 8.89. The quantitative estimate of drug-likeness (QED) is 0.791. The monoisotopic (exact) mass is 343 g/mol. The van der Waals surface area contributed by atoms with Crippen LogP contribution >= 0.6 is 0 Å². The topological polar surface area (TPSA) is 51.9 Å². The molecule has 0 atom stereocenters. The van der Waals surface area contributed by atoms with Crippen molar-refractivity contribution in [3.8, 4) is 11.5 Å². The standard InChI is InChI=1S/C20H25NO4/c1-3-23-16-4-6-17(7-5-16)24-14-18-8-9-19(25-18)20(22)21-12-10-15(2)11-13-21/h4-9,15H,3,10-14H2,1-2H3. The summed E-state index contributed by atoms with van der Waals surface area (Å²) >= 11 is 0. The van der Waals surface area contributed by atoms with Gasteiger partial charge in [0, 0.05) is 13.1 Å². The molecule has 1 fully saturated rings. The van der Waals surface area contributed by atoms with Crippen molar-refractivity contribution in [2.24, 2.45) is 5.92 Å². The van der Waals surface area contributed by atoms with Crippen LogP contribution in [0, 0.1) is 5.92 Å². The molecule has 0 bridgehead atoms. The van der Waals surface area contributed by atoms with Crippen LogP contribution in [-0.4, -0.2) is 30.5 Å². The molecule has 1 aromatic carbocycles. The number of carbonyl (C=O) groups is 1. The van der Waals surface area contributed by atoms with E-state index in [1.807, 2.05) is 36.1 Å². The molecule has 0 radical (unpaired) electrons. The van der Waals surface area contributed by atoms with Crippen LogP contribution in [0.5, 0.6) is 11.5 Å². The molecule has 1 amide bonds. The van der Waals surface area contributed by atoms with Crippen molar-refractivity contribution >= 4 is 5.91 Å². The molecule has 1 aliphatic rings. The number of furan rings is 1. The Morgan fingerprint density at radius 2 is 1.72 bits per heavy atom. The number of piperidine rings is 1. The number of carbonyl (C=O) groups excluding carboxylic acids is 1. The molecular weight excluding hydrogens is 318 g/mol. The van der Waals surface area contributed by atoms with E-state index >= 15 is 0 Å². The molecule has 0 saturated carbocycles. The van der Waals surface area contributed by atoms with E-state index in [1.54, 1.807) is 12.1 Å². The molecule has 1 aromatic heterocycles. The molecule has 5 nitrogen and oxygen atoms in total. The number of rotatable bonds is 6. The third-order valence-electron chi connectivity index (χ3n) is 4.46. The maximum Gasteiger partial charge on any atom is 0.289 e. The van der Waals surface area contributed by atoms with E-state index in [0.29, 0.717) is 24.0 Å². The molecule has 1 saturated heterocycles. The normalized spacial score (nSPS) is 15.2. The van der Waals surface area contributed by atoms with E-state index in [-0.39, 0.29) is 12.5 Å². The van der Waals surface area contributed by atoms with Gasteiger partial charge >= 0.3 is 0 Å². The highest BCUT2D eigenvalue weighted by Gasteiger charge is 2.23. The average Bonchev–Trinajstić information content (AvgIpc) is 3.10. The second-order valence-corrected chi connectivity index (χ2v) is 6.43. The maximum atomic E-state index is 12.5. The summed E-state index contributed by atoms with van der Waals surface area (Å²) in [5.74, 6) is 3.25. The van der Waals surface area contributed by atoms with Crippen LogP contribution in [0.1, 0.15) is 43.0 Å². The number of nitrogens with zero attached hydrogens (tertiary/aromatic N) is 1. The molecule has 5 heteroatoms. The fourth-order valence-corrected chi connectivity index (χ4v) is 2.89. The van der Waals surface area contributed by atoms with Gasteiger partial charge in [-0.05, 0) is 62.1 Å². The summed E-state index contributed by atoms with van der Waals surface area (Å²) in [5, 5.41) is 0. The Hall–Kier alpha value is -2.43. The Morgan fingerprint density at radius 1 is 1.08 bits per heavy atom. The van der Waals surface area contributed by atoms with Crippen molar-refractivity contribution in [1.29, 1.82) is 0 Å². The molecule has 0 aliphatic carbocycles. The number of likely N-dealkylation sites (tertiary alicyclic amines) is 1. The minimum absolute atomic E-state index is 0.0285. The van der Waals surface area contributed by atoms with Crippen LogP contribution in [0.3, 0.4) is 0 Å². The summed E-state index contributed by atoms with van der Waals surface area (Å²) < 4.78 is 16.8. The van der Waals surface area contributed by atoms with Gasteiger partial charge in [-0.2, -0.15) is 0 Å². The molecule has 0 spiro atoms. The zero-order chi connectivity index (χ0) is 17.6. The van der Waals surface area contributed by atoms with Crippen molar-refractivity contribution < 1.29 is 18.7 Å². The average molecular weight is 343 g/mol. The van der Waals surface area contributed by atoms with Crippen LogP contribution < -0.4 is 9.47 Å². The van der Waals surface area contributed by atoms with Crippen LogP contribution in [0.2, 0.25) is 0 Å². The lowest BCUT2D eigenvalue weighted by Crippen LogP contribution is -2.37. The summed E-state index contributed by atoms with van der Waals surface area (Å²) in [7, 11) is 0. The smallest absolute Gasteiger partial charge is 0.289 e. The maximum absolute atomic E-state index is 12.5. The van der Waals surface area contributed by atoms with E-state index < -0.39 is 0 Å². The first-order chi connectivity index (χ1) is 12.2. The van der Waals surface area contributed by atoms with Gasteiger partial charge < -0.3 is 18.8 Å². The molecule has 0 N–H and O–H groups in total. The predicted octanol–water partition coefficient (Wildman–Crippen LogP) is 4.13. The van der Waals surface area contributed by atoms with Crippen molar-refractivity contribution in [2.75, 3.05) is 19.7 Å². The summed E-state index contributed by atoms with van der Waals surface area (Å²) in [5.41, 5.74) is 0. The lowest BCUT2D eigenvalue weighted by molar-refractivity contribution is 0.0661. The minimum atomic E-state index is -0.0285. The van der Waals surface area contributed by atoms with Gasteiger partial charge in [0.2, 0.25) is 0 Å². The Bertz CT molecular complexity index is 684. The van der Waals surface area contributed by atoms with Crippen molar-refractivity contribution in [3.63, 3.8) is 0 Å². The van der Waals surface area contributed by atoms with Gasteiger partial charge in [0.1, 0.15) is 23.9 Å². The van der Waals surface area contributed by atoms with Gasteiger partial charge in [-0.25, -0.2) is 0 Å². The largest absolute Gasteiger partial charge is 0.494 e. The lowest BCUT2D eigenvalue weighted by atomic mass is 9.99. The van der Waals surface area contributed by atoms with Crippen molar-refractivity contribution in [3.05, 3.63) is 47.9 Å². The molecule has 2 aromatic rings. The highest BCUT2D eigenvalue weighted by Crippen LogP contribution is 2.21. The zero-order valence-corrected chi connectivity index (χ0v) is 14.9. The summed E-state index contributed by atoms with van der Waals surface area (Å²) in [4.78, 5) is 14.3. The van der Waals surface area contributed by atoms with Crippen LogP contribution in [-0.2, 0) is 6.61 Å². The van der Waals surface area contributed by atoms with Gasteiger partial charge in [-0.15, -0.1) is 0 Å². The first kappa shape index (κ1) is 17.4. The van der Waals surface area contributed by atoms with Crippen LogP contribution in [0.25, 0.3) is 0 Å². The van der Waals surface area contributed by atoms with Gasteiger partial charge in [0.15, 0.2) is 5.76 Å². The number of benzene rings is 1. The summed E-state index contributed by atoms with van der Waals surface area (Å²) in [6.45, 7) is 6.71. The summed E-state index contributed by atoms with van der Waals surface area (Å²) in [6.07, 6.45) is 2.11. The van der Waals surface area contributed by atoms with Gasteiger partial charge in [-0.3, -0.25) is 4.79 Å². The Labute approximate surface area is 148 Å². The van der Waals surface area contributed by atoms with Gasteiger partial charge in [0.05, 0.1) is 6.61 Å². The highest BCUT2D eigenvalue weighted by molar-refractivity contribution is 5.91. The van der Waals surface area contributed by atoms with E-state index in [0.717, 1.165) is 37.4 Å². The second-order valence-electron chi connectivity index (χ2n) is 6.43. The lowest BCUT2D eigenvalue weighted by Gasteiger charge is -2.29. The molecular formula is C20H25NO4. The first-order valence-corrected chi connectivity index (χ1v) is 8.89. The van der Waals surface area contributed by atoms with Gasteiger partial charge in [0.25, 0.3) is 5.91 Å². The van der Waals surface area contributed by atoms with E-state index in [1.165, 1.54) is 0 Å². The molecule has 25 heavy (non-hydrogen) atoms. The fourth-order valence-electron chi connectivity index (χ4n) is 2.89. The molecule has 0 unspecified atom stereocenters. The summed E-state index contributed by atoms with van der Waals surface area (Å²) in [6, 6.07) is 11.0. The number of hydrogen-bond donors (Lipinski definition) is 0. The third kappa shape index (κ3) is 4.56. The molecule has 3 rings (SSSR count). The minimum Gasteiger partial charge on any atom is -0.494 e. The Kier molecular flexibility index (Phi) is 5.64. The third-order valence-corrected chi connectivity index (χ3v) is 4.46. The second kappa shape index (κ2) is 8.10. The molecule has 2 heterocycles. The molecule has 134 valence electrons. The van der Waals surface area contributed by atoms with Gasteiger partial charge in [-0.1, -0.05) is 6.92 Å². The van der Waals surface area contributed by atoms with Crippen LogP contribution in [0.4, 0.5) is 0 Å². The number of hydrogen-bond acceptors (Lipinski definition) is 4. The number of ether oxygens (including phenoxy) is 2.